The molecule has 0 atom stereocenters. The quantitative estimate of drug-likeness (QED) is 0.610. The lowest BCUT2D eigenvalue weighted by Crippen LogP contribution is -2.19. The summed E-state index contributed by atoms with van der Waals surface area (Å²) in [6.45, 7) is 2.03. The van der Waals surface area contributed by atoms with Gasteiger partial charge in [0.25, 0.3) is 0 Å². The number of carbonyl (C=O) groups excluding carboxylic acids is 1. The molecule has 1 amide bonds. The van der Waals surface area contributed by atoms with Gasteiger partial charge in [-0.15, -0.1) is 0 Å². The van der Waals surface area contributed by atoms with Gasteiger partial charge in [-0.25, -0.2) is 0 Å². The zero-order valence-corrected chi connectivity index (χ0v) is 7.00. The highest BCUT2D eigenvalue weighted by Crippen LogP contribution is 1.94. The molecule has 1 aromatic carbocycles. The highest BCUT2D eigenvalue weighted by molar-refractivity contribution is 6.32. The number of carbonyl (C=O) groups is 1. The van der Waals surface area contributed by atoms with Gasteiger partial charge in [0, 0.05) is 13.5 Å². The van der Waals surface area contributed by atoms with Crippen molar-refractivity contribution >= 4 is 19.2 Å². The first-order valence-electron chi connectivity index (χ1n) is 3.77. The van der Waals surface area contributed by atoms with Gasteiger partial charge in [-0.3, -0.25) is 4.79 Å². The summed E-state index contributed by atoms with van der Waals surface area (Å²) >= 11 is 0. The lowest BCUT2D eigenvalue weighted by atomic mass is 9.94. The molecule has 0 unspecified atom stereocenters. The van der Waals surface area contributed by atoms with Gasteiger partial charge in [0.15, 0.2) is 0 Å². The molecular formula is C9H10BNO. The van der Waals surface area contributed by atoms with E-state index < -0.39 is 0 Å². The minimum Gasteiger partial charge on any atom is -0.352 e. The van der Waals surface area contributed by atoms with Crippen LogP contribution in [0.3, 0.4) is 0 Å². The van der Waals surface area contributed by atoms with E-state index in [0.717, 1.165) is 11.0 Å². The van der Waals surface area contributed by atoms with Crippen molar-refractivity contribution in [1.29, 1.82) is 0 Å². The minimum absolute atomic E-state index is 0.0302. The Balaban J connectivity index is 2.57. The number of benzene rings is 1. The molecule has 1 rings (SSSR count). The van der Waals surface area contributed by atoms with E-state index in [1.807, 2.05) is 24.3 Å². The Hall–Kier alpha value is -1.25. The third-order valence-electron chi connectivity index (χ3n) is 1.49. The van der Waals surface area contributed by atoms with Crippen LogP contribution in [0.15, 0.2) is 24.3 Å². The maximum absolute atomic E-state index is 10.6. The van der Waals surface area contributed by atoms with Gasteiger partial charge < -0.3 is 5.32 Å². The molecular weight excluding hydrogens is 149 g/mol. The molecule has 0 spiro atoms. The Morgan fingerprint density at radius 3 is 2.92 bits per heavy atom. The monoisotopic (exact) mass is 159 g/mol. The number of hydrogen-bond donors (Lipinski definition) is 1. The third-order valence-corrected chi connectivity index (χ3v) is 1.49. The summed E-state index contributed by atoms with van der Waals surface area (Å²) in [5, 5.41) is 2.69. The molecule has 1 N–H and O–H groups in total. The van der Waals surface area contributed by atoms with E-state index in [1.54, 1.807) is 0 Å². The molecule has 1 aromatic rings. The summed E-state index contributed by atoms with van der Waals surface area (Å²) in [7, 11) is 5.55. The van der Waals surface area contributed by atoms with Gasteiger partial charge in [0.2, 0.25) is 5.91 Å². The van der Waals surface area contributed by atoms with Gasteiger partial charge in [0.05, 0.1) is 0 Å². The smallest absolute Gasteiger partial charge is 0.217 e. The Bertz CT molecular complexity index is 286. The molecule has 3 heteroatoms. The second-order valence-corrected chi connectivity index (χ2v) is 2.65. The van der Waals surface area contributed by atoms with E-state index in [4.69, 9.17) is 7.85 Å². The molecule has 60 valence electrons. The van der Waals surface area contributed by atoms with Crippen LogP contribution in [0.2, 0.25) is 0 Å². The van der Waals surface area contributed by atoms with Crippen LogP contribution in [-0.4, -0.2) is 13.8 Å². The number of amides is 1. The van der Waals surface area contributed by atoms with Crippen LogP contribution in [0.5, 0.6) is 0 Å². The predicted molar refractivity (Wildman–Crippen MR) is 49.4 cm³/mol. The average Bonchev–Trinajstić information content (AvgIpc) is 2.01. The lowest BCUT2D eigenvalue weighted by molar-refractivity contribution is -0.119. The maximum atomic E-state index is 10.6. The fourth-order valence-corrected chi connectivity index (χ4v) is 0.930. The molecule has 0 heterocycles. The summed E-state index contributed by atoms with van der Waals surface area (Å²) < 4.78 is 0. The fraction of sp³-hybridized carbons (Fsp3) is 0.222. The lowest BCUT2D eigenvalue weighted by Gasteiger charge is -2.02. The average molecular weight is 159 g/mol. The zero-order valence-electron chi connectivity index (χ0n) is 7.00. The maximum Gasteiger partial charge on any atom is 0.217 e. The van der Waals surface area contributed by atoms with Crippen LogP contribution in [0.4, 0.5) is 0 Å². The highest BCUT2D eigenvalue weighted by Gasteiger charge is 1.93. The Kier molecular flexibility index (Phi) is 2.91. The Morgan fingerprint density at radius 1 is 1.58 bits per heavy atom. The molecule has 12 heavy (non-hydrogen) atoms. The Labute approximate surface area is 73.4 Å². The van der Waals surface area contributed by atoms with Crippen molar-refractivity contribution in [3.8, 4) is 0 Å². The molecule has 0 aromatic heterocycles. The summed E-state index contributed by atoms with van der Waals surface area (Å²) in [5.41, 5.74) is 1.74. The largest absolute Gasteiger partial charge is 0.352 e. The molecule has 0 aliphatic rings. The molecule has 0 saturated heterocycles. The van der Waals surface area contributed by atoms with Crippen molar-refractivity contribution in [3.63, 3.8) is 0 Å². The van der Waals surface area contributed by atoms with Gasteiger partial charge in [-0.05, 0) is 5.56 Å². The molecule has 0 fully saturated rings. The first kappa shape index (κ1) is 8.85. The van der Waals surface area contributed by atoms with E-state index >= 15 is 0 Å². The van der Waals surface area contributed by atoms with E-state index in [0.29, 0.717) is 6.54 Å². The van der Waals surface area contributed by atoms with E-state index in [9.17, 15) is 4.79 Å². The summed E-state index contributed by atoms with van der Waals surface area (Å²) in [4.78, 5) is 10.6. The third kappa shape index (κ3) is 2.78. The molecule has 0 aliphatic carbocycles. The van der Waals surface area contributed by atoms with Crippen LogP contribution >= 0.6 is 0 Å². The van der Waals surface area contributed by atoms with Crippen molar-refractivity contribution in [2.75, 3.05) is 0 Å². The van der Waals surface area contributed by atoms with Crippen molar-refractivity contribution < 1.29 is 4.79 Å². The molecule has 0 aliphatic heterocycles. The second-order valence-electron chi connectivity index (χ2n) is 2.65. The number of nitrogens with one attached hydrogen (secondary N) is 1. The molecule has 0 saturated carbocycles. The normalized spacial score (nSPS) is 9.42. The number of hydrogen-bond acceptors (Lipinski definition) is 1. The van der Waals surface area contributed by atoms with Crippen molar-refractivity contribution in [2.24, 2.45) is 0 Å². The summed E-state index contributed by atoms with van der Waals surface area (Å²) in [6.07, 6.45) is 0. The zero-order chi connectivity index (χ0) is 8.97. The molecule has 0 bridgehead atoms. The standard InChI is InChI=1S/C9H10BNO/c1-7(12)11-6-8-3-2-4-9(10)5-8/h2-5H,6H2,1H3,(H,11,12). The van der Waals surface area contributed by atoms with Crippen LogP contribution in [-0.2, 0) is 11.3 Å². The first-order valence-corrected chi connectivity index (χ1v) is 3.77. The SMILES string of the molecule is [B]c1cccc(CNC(C)=O)c1. The highest BCUT2D eigenvalue weighted by atomic mass is 16.1. The van der Waals surface area contributed by atoms with E-state index in [2.05, 4.69) is 5.32 Å². The molecule has 2 nitrogen and oxygen atoms in total. The van der Waals surface area contributed by atoms with Crippen LogP contribution in [0.1, 0.15) is 12.5 Å². The van der Waals surface area contributed by atoms with Crippen molar-refractivity contribution in [2.45, 2.75) is 13.5 Å². The van der Waals surface area contributed by atoms with Crippen LogP contribution in [0, 0.1) is 0 Å². The number of rotatable bonds is 2. The predicted octanol–water partition coefficient (Wildman–Crippen LogP) is 0.116. The van der Waals surface area contributed by atoms with Gasteiger partial charge in [0.1, 0.15) is 7.85 Å². The minimum atomic E-state index is -0.0302. The van der Waals surface area contributed by atoms with Crippen LogP contribution < -0.4 is 10.8 Å². The van der Waals surface area contributed by atoms with E-state index in [-0.39, 0.29) is 5.91 Å². The topological polar surface area (TPSA) is 29.1 Å². The molecule has 2 radical (unpaired) electrons. The summed E-state index contributed by atoms with van der Waals surface area (Å²) in [5.74, 6) is -0.0302. The van der Waals surface area contributed by atoms with Gasteiger partial charge in [-0.2, -0.15) is 0 Å². The fourth-order valence-electron chi connectivity index (χ4n) is 0.930. The second kappa shape index (κ2) is 3.95. The van der Waals surface area contributed by atoms with Gasteiger partial charge >= 0.3 is 0 Å². The Morgan fingerprint density at radius 2 is 2.33 bits per heavy atom. The van der Waals surface area contributed by atoms with Crippen molar-refractivity contribution in [1.82, 2.24) is 5.32 Å². The van der Waals surface area contributed by atoms with Crippen molar-refractivity contribution in [3.05, 3.63) is 29.8 Å². The van der Waals surface area contributed by atoms with E-state index in [1.165, 1.54) is 6.92 Å². The summed E-state index contributed by atoms with van der Waals surface area (Å²) in [6, 6.07) is 7.45. The van der Waals surface area contributed by atoms with Gasteiger partial charge in [-0.1, -0.05) is 29.7 Å². The van der Waals surface area contributed by atoms with Crippen LogP contribution in [0.25, 0.3) is 0 Å². The first-order chi connectivity index (χ1) is 5.68.